The lowest BCUT2D eigenvalue weighted by atomic mass is 9.92. The molecule has 8 heteroatoms. The summed E-state index contributed by atoms with van der Waals surface area (Å²) in [6.07, 6.45) is 2.93. The van der Waals surface area contributed by atoms with Crippen molar-refractivity contribution in [3.8, 4) is 0 Å². The van der Waals surface area contributed by atoms with Crippen LogP contribution in [0, 0.1) is 11.8 Å². The van der Waals surface area contributed by atoms with E-state index in [1.165, 1.54) is 0 Å². The summed E-state index contributed by atoms with van der Waals surface area (Å²) in [5, 5.41) is 8.47. The first-order chi connectivity index (χ1) is 16.6. The van der Waals surface area contributed by atoms with E-state index in [0.717, 1.165) is 12.0 Å². The van der Waals surface area contributed by atoms with E-state index in [2.05, 4.69) is 16.0 Å². The van der Waals surface area contributed by atoms with Crippen LogP contribution in [-0.4, -0.2) is 54.3 Å². The second-order valence-corrected chi connectivity index (χ2v) is 10.2. The second kappa shape index (κ2) is 13.4. The summed E-state index contributed by atoms with van der Waals surface area (Å²) in [7, 11) is 0. The van der Waals surface area contributed by atoms with Crippen LogP contribution in [0.2, 0.25) is 0 Å². The van der Waals surface area contributed by atoms with Crippen molar-refractivity contribution in [2.75, 3.05) is 6.61 Å². The van der Waals surface area contributed by atoms with Crippen molar-refractivity contribution in [3.63, 3.8) is 0 Å². The minimum atomic E-state index is -0.816. The molecule has 5 atom stereocenters. The van der Waals surface area contributed by atoms with Crippen molar-refractivity contribution >= 4 is 24.0 Å². The van der Waals surface area contributed by atoms with E-state index < -0.39 is 23.7 Å². The molecule has 0 aromatic heterocycles. The van der Waals surface area contributed by atoms with Gasteiger partial charge in [0, 0.05) is 12.5 Å². The largest absolute Gasteiger partial charge is 0.361 e. The van der Waals surface area contributed by atoms with Crippen molar-refractivity contribution in [2.24, 2.45) is 11.8 Å². The first-order valence-corrected chi connectivity index (χ1v) is 12.6. The van der Waals surface area contributed by atoms with Gasteiger partial charge in [0.15, 0.2) is 5.78 Å². The van der Waals surface area contributed by atoms with E-state index in [1.807, 2.05) is 58.0 Å². The standard InChI is InChI=1S/C27H41N3O5/c1-6-19(4)22(15-24(32)29-23(14-18(2)3)25(33)27(5)16-35-27)30-26(34)21(28-17-31)13-12-20-10-8-7-9-11-20/h7-11,17-19,21-23H,6,12-16H2,1-5H3,(H,28,31)(H,29,32)(H,30,34)/t19?,21-,22?,23?,27?/m0/s1. The second-order valence-electron chi connectivity index (χ2n) is 10.2. The molecule has 35 heavy (non-hydrogen) atoms. The highest BCUT2D eigenvalue weighted by atomic mass is 16.6. The van der Waals surface area contributed by atoms with Gasteiger partial charge in [0.2, 0.25) is 18.2 Å². The molecule has 2 rings (SSSR count). The molecule has 0 bridgehead atoms. The highest BCUT2D eigenvalue weighted by Crippen LogP contribution is 2.29. The highest BCUT2D eigenvalue weighted by Gasteiger charge is 2.50. The summed E-state index contributed by atoms with van der Waals surface area (Å²) in [6, 6.07) is 7.99. The fourth-order valence-electron chi connectivity index (χ4n) is 4.07. The Morgan fingerprint density at radius 1 is 1.09 bits per heavy atom. The molecule has 8 nitrogen and oxygen atoms in total. The molecule has 3 N–H and O–H groups in total. The topological polar surface area (TPSA) is 117 Å². The van der Waals surface area contributed by atoms with Crippen LogP contribution in [0.5, 0.6) is 0 Å². The van der Waals surface area contributed by atoms with Crippen molar-refractivity contribution in [1.29, 1.82) is 0 Å². The minimum Gasteiger partial charge on any atom is -0.361 e. The van der Waals surface area contributed by atoms with Crippen LogP contribution >= 0.6 is 0 Å². The number of nitrogens with one attached hydrogen (secondary N) is 3. The number of carbonyl (C=O) groups is 4. The summed E-state index contributed by atoms with van der Waals surface area (Å²) < 4.78 is 5.30. The SMILES string of the molecule is CCC(C)C(CC(=O)NC(CC(C)C)C(=O)C1(C)CO1)NC(=O)[C@H](CCc1ccccc1)NC=O. The number of benzene rings is 1. The Kier molecular flexibility index (Phi) is 10.9. The van der Waals surface area contributed by atoms with E-state index >= 15 is 0 Å². The summed E-state index contributed by atoms with van der Waals surface area (Å²) >= 11 is 0. The van der Waals surface area contributed by atoms with Crippen molar-refractivity contribution in [2.45, 2.75) is 90.4 Å². The number of Topliss-reactive ketones (excluding diaryl/α,β-unsaturated/α-hetero) is 1. The average Bonchev–Trinajstić information content (AvgIpc) is 3.58. The molecule has 1 fully saturated rings. The number of ketones is 1. The minimum absolute atomic E-state index is 0.0271. The van der Waals surface area contributed by atoms with Gasteiger partial charge in [0.25, 0.3) is 0 Å². The van der Waals surface area contributed by atoms with E-state index in [4.69, 9.17) is 4.74 Å². The maximum absolute atomic E-state index is 13.0. The van der Waals surface area contributed by atoms with Crippen molar-refractivity contribution in [1.82, 2.24) is 16.0 Å². The van der Waals surface area contributed by atoms with Gasteiger partial charge in [-0.2, -0.15) is 0 Å². The predicted octanol–water partition coefficient (Wildman–Crippen LogP) is 2.54. The highest BCUT2D eigenvalue weighted by molar-refractivity contribution is 5.96. The molecular weight excluding hydrogens is 446 g/mol. The van der Waals surface area contributed by atoms with Crippen molar-refractivity contribution < 1.29 is 23.9 Å². The van der Waals surface area contributed by atoms with Gasteiger partial charge in [0.1, 0.15) is 11.6 Å². The molecule has 1 saturated heterocycles. The molecular formula is C27H41N3O5. The van der Waals surface area contributed by atoms with Gasteiger partial charge < -0.3 is 20.7 Å². The Balaban J connectivity index is 2.03. The van der Waals surface area contributed by atoms with Gasteiger partial charge in [-0.15, -0.1) is 0 Å². The monoisotopic (exact) mass is 487 g/mol. The number of epoxide rings is 1. The van der Waals surface area contributed by atoms with Crippen LogP contribution in [0.4, 0.5) is 0 Å². The van der Waals surface area contributed by atoms with Crippen LogP contribution < -0.4 is 16.0 Å². The zero-order valence-electron chi connectivity index (χ0n) is 21.6. The van der Waals surface area contributed by atoms with Crippen molar-refractivity contribution in [3.05, 3.63) is 35.9 Å². The summed E-state index contributed by atoms with van der Waals surface area (Å²) in [5.74, 6) is -0.474. The Morgan fingerprint density at radius 3 is 2.29 bits per heavy atom. The van der Waals surface area contributed by atoms with Gasteiger partial charge in [-0.25, -0.2) is 0 Å². The smallest absolute Gasteiger partial charge is 0.242 e. The van der Waals surface area contributed by atoms with Gasteiger partial charge in [-0.3, -0.25) is 19.2 Å². The lowest BCUT2D eigenvalue weighted by molar-refractivity contribution is -0.131. The van der Waals surface area contributed by atoms with Gasteiger partial charge in [0.05, 0.1) is 12.6 Å². The van der Waals surface area contributed by atoms with E-state index in [0.29, 0.717) is 32.3 Å². The molecule has 0 spiro atoms. The number of aryl methyl sites for hydroxylation is 1. The van der Waals surface area contributed by atoms with Gasteiger partial charge >= 0.3 is 0 Å². The Bertz CT molecular complexity index is 854. The van der Waals surface area contributed by atoms with E-state index in [-0.39, 0.29) is 35.9 Å². The molecule has 1 heterocycles. The number of hydrogen-bond acceptors (Lipinski definition) is 5. The Morgan fingerprint density at radius 2 is 1.74 bits per heavy atom. The lowest BCUT2D eigenvalue weighted by Gasteiger charge is -2.28. The van der Waals surface area contributed by atoms with Gasteiger partial charge in [-0.05, 0) is 43.6 Å². The molecule has 3 amide bonds. The third kappa shape index (κ3) is 9.09. The quantitative estimate of drug-likeness (QED) is 0.245. The average molecular weight is 488 g/mol. The predicted molar refractivity (Wildman–Crippen MR) is 135 cm³/mol. The fraction of sp³-hybridized carbons (Fsp3) is 0.630. The molecule has 0 aliphatic carbocycles. The number of amides is 3. The Hall–Kier alpha value is -2.74. The molecule has 4 unspecified atom stereocenters. The number of carbonyl (C=O) groups excluding carboxylic acids is 4. The molecule has 0 radical (unpaired) electrons. The molecule has 1 aromatic rings. The number of ether oxygens (including phenoxy) is 1. The zero-order valence-corrected chi connectivity index (χ0v) is 21.6. The van der Waals surface area contributed by atoms with Crippen LogP contribution in [0.3, 0.4) is 0 Å². The normalized spacial score (nSPS) is 20.3. The molecule has 1 aliphatic rings. The van der Waals surface area contributed by atoms with E-state index in [1.54, 1.807) is 6.92 Å². The first kappa shape index (κ1) is 28.5. The molecule has 194 valence electrons. The number of rotatable bonds is 16. The van der Waals surface area contributed by atoms with Gasteiger partial charge in [-0.1, -0.05) is 64.4 Å². The first-order valence-electron chi connectivity index (χ1n) is 12.6. The summed E-state index contributed by atoms with van der Waals surface area (Å²) in [6.45, 7) is 10.1. The van der Waals surface area contributed by atoms with Crippen LogP contribution in [0.15, 0.2) is 30.3 Å². The maximum atomic E-state index is 13.0. The fourth-order valence-corrected chi connectivity index (χ4v) is 4.07. The zero-order chi connectivity index (χ0) is 26.0. The molecule has 1 aliphatic heterocycles. The summed E-state index contributed by atoms with van der Waals surface area (Å²) in [4.78, 5) is 50.0. The van der Waals surface area contributed by atoms with Crippen LogP contribution in [-0.2, 0) is 30.3 Å². The molecule has 0 saturated carbocycles. The molecule has 1 aromatic carbocycles. The third-order valence-corrected chi connectivity index (χ3v) is 6.67. The Labute approximate surface area is 208 Å². The third-order valence-electron chi connectivity index (χ3n) is 6.67. The lowest BCUT2D eigenvalue weighted by Crippen LogP contribution is -2.52. The number of hydrogen-bond donors (Lipinski definition) is 3. The van der Waals surface area contributed by atoms with Crippen LogP contribution in [0.1, 0.15) is 65.9 Å². The summed E-state index contributed by atoms with van der Waals surface area (Å²) in [5.41, 5.74) is 0.258. The van der Waals surface area contributed by atoms with Crippen LogP contribution in [0.25, 0.3) is 0 Å². The van der Waals surface area contributed by atoms with E-state index in [9.17, 15) is 19.2 Å². The maximum Gasteiger partial charge on any atom is 0.242 e.